The van der Waals surface area contributed by atoms with Crippen LogP contribution in [-0.2, 0) is 0 Å². The minimum atomic E-state index is 0.131. The molecule has 0 aromatic heterocycles. The fourth-order valence-corrected chi connectivity index (χ4v) is 2.08. The standard InChI is InChI=1S/C12H23N3/c1-4-12(9-13)15-7-5-14(6-8-15)10-11(2)3/h4,9,11-13H,1,5-8,10H2,2-3H3. The SMILES string of the molecule is C=CC(C=N)N1CCN(CC(C)C)CC1. The second-order valence-corrected chi connectivity index (χ2v) is 4.62. The molecule has 1 rings (SSSR count). The van der Waals surface area contributed by atoms with Gasteiger partial charge in [-0.05, 0) is 5.92 Å². The molecular weight excluding hydrogens is 186 g/mol. The fraction of sp³-hybridized carbons (Fsp3) is 0.750. The van der Waals surface area contributed by atoms with E-state index in [1.54, 1.807) is 0 Å². The molecule has 0 radical (unpaired) electrons. The van der Waals surface area contributed by atoms with Gasteiger partial charge in [-0.1, -0.05) is 19.9 Å². The van der Waals surface area contributed by atoms with E-state index in [1.807, 2.05) is 6.08 Å². The lowest BCUT2D eigenvalue weighted by atomic mass is 10.1. The Morgan fingerprint density at radius 3 is 2.27 bits per heavy atom. The Hall–Kier alpha value is -0.670. The maximum absolute atomic E-state index is 7.31. The minimum Gasteiger partial charge on any atom is -0.311 e. The lowest BCUT2D eigenvalue weighted by Gasteiger charge is -2.37. The average molecular weight is 209 g/mol. The molecule has 15 heavy (non-hydrogen) atoms. The summed E-state index contributed by atoms with van der Waals surface area (Å²) >= 11 is 0. The van der Waals surface area contributed by atoms with E-state index in [2.05, 4.69) is 30.2 Å². The van der Waals surface area contributed by atoms with Crippen LogP contribution in [0.15, 0.2) is 12.7 Å². The number of hydrogen-bond donors (Lipinski definition) is 1. The summed E-state index contributed by atoms with van der Waals surface area (Å²) in [5.41, 5.74) is 0. The molecule has 1 aliphatic rings. The summed E-state index contributed by atoms with van der Waals surface area (Å²) in [6.45, 7) is 13.8. The van der Waals surface area contributed by atoms with Crippen molar-refractivity contribution in [2.75, 3.05) is 32.7 Å². The van der Waals surface area contributed by atoms with E-state index in [1.165, 1.54) is 12.8 Å². The second-order valence-electron chi connectivity index (χ2n) is 4.62. The van der Waals surface area contributed by atoms with Gasteiger partial charge in [0.15, 0.2) is 0 Å². The molecule has 86 valence electrons. The predicted octanol–water partition coefficient (Wildman–Crippen LogP) is 1.46. The van der Waals surface area contributed by atoms with Crippen LogP contribution in [0.25, 0.3) is 0 Å². The Morgan fingerprint density at radius 1 is 1.27 bits per heavy atom. The summed E-state index contributed by atoms with van der Waals surface area (Å²) in [6.07, 6.45) is 3.33. The number of hydrogen-bond acceptors (Lipinski definition) is 3. The first-order valence-corrected chi connectivity index (χ1v) is 5.77. The molecule has 3 nitrogen and oxygen atoms in total. The Bertz CT molecular complexity index is 197. The zero-order valence-corrected chi connectivity index (χ0v) is 9.95. The maximum Gasteiger partial charge on any atom is 0.0626 e. The minimum absolute atomic E-state index is 0.131. The zero-order chi connectivity index (χ0) is 11.3. The number of rotatable bonds is 5. The number of nitrogens with one attached hydrogen (secondary N) is 1. The summed E-state index contributed by atoms with van der Waals surface area (Å²) in [6, 6.07) is 0.131. The Balaban J connectivity index is 2.34. The van der Waals surface area contributed by atoms with Crippen LogP contribution >= 0.6 is 0 Å². The first kappa shape index (κ1) is 12.4. The van der Waals surface area contributed by atoms with E-state index in [0.29, 0.717) is 0 Å². The number of nitrogens with zero attached hydrogens (tertiary/aromatic N) is 2. The van der Waals surface area contributed by atoms with Gasteiger partial charge in [0.05, 0.1) is 6.04 Å². The van der Waals surface area contributed by atoms with Crippen molar-refractivity contribution in [2.45, 2.75) is 19.9 Å². The first-order chi connectivity index (χ1) is 7.17. The van der Waals surface area contributed by atoms with Gasteiger partial charge >= 0.3 is 0 Å². The molecule has 0 saturated carbocycles. The average Bonchev–Trinajstić information content (AvgIpc) is 2.21. The molecule has 0 bridgehead atoms. The van der Waals surface area contributed by atoms with E-state index < -0.39 is 0 Å². The highest BCUT2D eigenvalue weighted by Crippen LogP contribution is 2.08. The van der Waals surface area contributed by atoms with Gasteiger partial charge in [0.25, 0.3) is 0 Å². The molecule has 0 amide bonds. The topological polar surface area (TPSA) is 30.3 Å². The molecule has 1 atom stereocenters. The zero-order valence-electron chi connectivity index (χ0n) is 9.95. The number of piperazine rings is 1. The molecule has 1 N–H and O–H groups in total. The van der Waals surface area contributed by atoms with E-state index in [9.17, 15) is 0 Å². The van der Waals surface area contributed by atoms with E-state index >= 15 is 0 Å². The molecule has 1 aliphatic heterocycles. The highest BCUT2D eigenvalue weighted by molar-refractivity contribution is 5.63. The van der Waals surface area contributed by atoms with Crippen molar-refractivity contribution in [3.05, 3.63) is 12.7 Å². The third-order valence-electron chi connectivity index (χ3n) is 2.86. The Morgan fingerprint density at radius 2 is 1.87 bits per heavy atom. The predicted molar refractivity (Wildman–Crippen MR) is 65.6 cm³/mol. The summed E-state index contributed by atoms with van der Waals surface area (Å²) in [5.74, 6) is 0.745. The van der Waals surface area contributed by atoms with Crippen molar-refractivity contribution in [3.63, 3.8) is 0 Å². The van der Waals surface area contributed by atoms with Crippen LogP contribution in [0.1, 0.15) is 13.8 Å². The normalized spacial score (nSPS) is 21.5. The van der Waals surface area contributed by atoms with Gasteiger partial charge in [-0.25, -0.2) is 0 Å². The molecule has 0 aromatic carbocycles. The van der Waals surface area contributed by atoms with Crippen molar-refractivity contribution < 1.29 is 0 Å². The second kappa shape index (κ2) is 6.03. The lowest BCUT2D eigenvalue weighted by molar-refractivity contribution is 0.120. The quantitative estimate of drug-likeness (QED) is 0.549. The highest BCUT2D eigenvalue weighted by atomic mass is 15.3. The van der Waals surface area contributed by atoms with Crippen LogP contribution in [0.4, 0.5) is 0 Å². The molecular formula is C12H23N3. The van der Waals surface area contributed by atoms with Crippen molar-refractivity contribution in [1.82, 2.24) is 9.80 Å². The Labute approximate surface area is 93.3 Å². The molecule has 1 unspecified atom stereocenters. The van der Waals surface area contributed by atoms with E-state index in [-0.39, 0.29) is 6.04 Å². The summed E-state index contributed by atoms with van der Waals surface area (Å²) in [5, 5.41) is 7.31. The summed E-state index contributed by atoms with van der Waals surface area (Å²) < 4.78 is 0. The van der Waals surface area contributed by atoms with Crippen LogP contribution in [0.3, 0.4) is 0 Å². The molecule has 1 fully saturated rings. The monoisotopic (exact) mass is 209 g/mol. The highest BCUT2D eigenvalue weighted by Gasteiger charge is 2.20. The van der Waals surface area contributed by atoms with E-state index in [0.717, 1.165) is 32.1 Å². The van der Waals surface area contributed by atoms with Crippen LogP contribution in [0.5, 0.6) is 0 Å². The summed E-state index contributed by atoms with van der Waals surface area (Å²) in [4.78, 5) is 4.82. The molecule has 1 heterocycles. The lowest BCUT2D eigenvalue weighted by Crippen LogP contribution is -2.50. The van der Waals surface area contributed by atoms with Crippen molar-refractivity contribution >= 4 is 6.21 Å². The van der Waals surface area contributed by atoms with Crippen molar-refractivity contribution in [3.8, 4) is 0 Å². The Kier molecular flexibility index (Phi) is 4.99. The van der Waals surface area contributed by atoms with Gasteiger partial charge in [-0.15, -0.1) is 6.58 Å². The van der Waals surface area contributed by atoms with Gasteiger partial charge in [0, 0.05) is 38.9 Å². The molecule has 0 aliphatic carbocycles. The first-order valence-electron chi connectivity index (χ1n) is 5.77. The largest absolute Gasteiger partial charge is 0.311 e. The van der Waals surface area contributed by atoms with Crippen LogP contribution < -0.4 is 0 Å². The summed E-state index contributed by atoms with van der Waals surface area (Å²) in [7, 11) is 0. The van der Waals surface area contributed by atoms with Gasteiger partial charge in [-0.2, -0.15) is 0 Å². The van der Waals surface area contributed by atoms with Crippen molar-refractivity contribution in [1.29, 1.82) is 5.41 Å². The smallest absolute Gasteiger partial charge is 0.0626 e. The van der Waals surface area contributed by atoms with Gasteiger partial charge in [-0.3, -0.25) is 4.90 Å². The van der Waals surface area contributed by atoms with Crippen LogP contribution in [-0.4, -0.2) is 54.8 Å². The molecule has 0 spiro atoms. The van der Waals surface area contributed by atoms with Crippen molar-refractivity contribution in [2.24, 2.45) is 5.92 Å². The van der Waals surface area contributed by atoms with Crippen LogP contribution in [0.2, 0.25) is 0 Å². The van der Waals surface area contributed by atoms with Gasteiger partial charge < -0.3 is 10.3 Å². The van der Waals surface area contributed by atoms with Gasteiger partial charge in [0.2, 0.25) is 0 Å². The molecule has 3 heteroatoms. The molecule has 0 aromatic rings. The molecule has 1 saturated heterocycles. The fourth-order valence-electron chi connectivity index (χ4n) is 2.08. The van der Waals surface area contributed by atoms with Gasteiger partial charge in [0.1, 0.15) is 0 Å². The maximum atomic E-state index is 7.31. The van der Waals surface area contributed by atoms with E-state index in [4.69, 9.17) is 5.41 Å². The third kappa shape index (κ3) is 3.76. The van der Waals surface area contributed by atoms with Crippen LogP contribution in [0, 0.1) is 11.3 Å². The third-order valence-corrected chi connectivity index (χ3v) is 2.86.